The third kappa shape index (κ3) is 7.80. The normalized spacial score (nSPS) is 13.9. The Morgan fingerprint density at radius 1 is 1.02 bits per heavy atom. The molecule has 0 bridgehead atoms. The van der Waals surface area contributed by atoms with Gasteiger partial charge in [-0.15, -0.1) is 6.58 Å². The summed E-state index contributed by atoms with van der Waals surface area (Å²) in [5, 5.41) is 2.88. The van der Waals surface area contributed by atoms with Crippen LogP contribution in [0.15, 0.2) is 78.2 Å². The summed E-state index contributed by atoms with van der Waals surface area (Å²) in [5.74, 6) is 0.116. The van der Waals surface area contributed by atoms with E-state index in [1.165, 1.54) is 0 Å². The number of carbonyl (C=O) groups excluding carboxylic acids is 3. The number of anilines is 1. The minimum absolute atomic E-state index is 0.219. The van der Waals surface area contributed by atoms with Crippen molar-refractivity contribution in [3.63, 3.8) is 0 Å². The lowest BCUT2D eigenvalue weighted by Crippen LogP contribution is -2.36. The first-order valence-electron chi connectivity index (χ1n) is 13.2. The minimum Gasteiger partial charge on any atom is -0.490 e. The zero-order chi connectivity index (χ0) is 29.4. The first-order chi connectivity index (χ1) is 19.8. The maximum absolute atomic E-state index is 13.1. The van der Waals surface area contributed by atoms with Crippen LogP contribution in [0.2, 0.25) is 5.02 Å². The van der Waals surface area contributed by atoms with Crippen molar-refractivity contribution >= 4 is 52.2 Å². The number of amides is 3. The lowest BCUT2D eigenvalue weighted by Gasteiger charge is -2.17. The lowest BCUT2D eigenvalue weighted by atomic mass is 10.0. The molecule has 1 saturated heterocycles. The van der Waals surface area contributed by atoms with Crippen LogP contribution in [-0.4, -0.2) is 35.1 Å². The third-order valence-corrected chi connectivity index (χ3v) is 7.39. The maximum Gasteiger partial charge on any atom is 0.294 e. The van der Waals surface area contributed by atoms with Gasteiger partial charge in [-0.2, -0.15) is 0 Å². The van der Waals surface area contributed by atoms with Crippen molar-refractivity contribution in [3.8, 4) is 11.5 Å². The molecule has 1 N–H and O–H groups in total. The van der Waals surface area contributed by atoms with Gasteiger partial charge < -0.3 is 14.8 Å². The topological polar surface area (TPSA) is 84.9 Å². The van der Waals surface area contributed by atoms with E-state index in [4.69, 9.17) is 21.1 Å². The average Bonchev–Trinajstić information content (AvgIpc) is 3.21. The molecule has 0 unspecified atom stereocenters. The van der Waals surface area contributed by atoms with Crippen molar-refractivity contribution < 1.29 is 23.9 Å². The smallest absolute Gasteiger partial charge is 0.294 e. The molecule has 212 valence electrons. The van der Waals surface area contributed by atoms with E-state index in [-0.39, 0.29) is 11.4 Å². The highest BCUT2D eigenvalue weighted by molar-refractivity contribution is 8.18. The predicted molar refractivity (Wildman–Crippen MR) is 164 cm³/mol. The van der Waals surface area contributed by atoms with Gasteiger partial charge in [-0.1, -0.05) is 48.9 Å². The first kappa shape index (κ1) is 30.0. The van der Waals surface area contributed by atoms with Gasteiger partial charge in [-0.05, 0) is 90.7 Å². The number of allylic oxidation sites excluding steroid dienone is 1. The number of aryl methyl sites for hydroxylation is 1. The quantitative estimate of drug-likeness (QED) is 0.176. The number of hydrogen-bond acceptors (Lipinski definition) is 6. The summed E-state index contributed by atoms with van der Waals surface area (Å²) in [7, 11) is 0. The van der Waals surface area contributed by atoms with Gasteiger partial charge in [0.1, 0.15) is 13.2 Å². The van der Waals surface area contributed by atoms with Gasteiger partial charge in [-0.3, -0.25) is 19.3 Å². The number of hydrogen-bond donors (Lipinski definition) is 1. The van der Waals surface area contributed by atoms with E-state index in [2.05, 4.69) is 11.9 Å². The Balaban J connectivity index is 1.52. The van der Waals surface area contributed by atoms with Gasteiger partial charge >= 0.3 is 0 Å². The number of rotatable bonds is 12. The van der Waals surface area contributed by atoms with Crippen LogP contribution in [-0.2, 0) is 29.0 Å². The van der Waals surface area contributed by atoms with Crippen molar-refractivity contribution in [2.45, 2.75) is 33.3 Å². The molecule has 41 heavy (non-hydrogen) atoms. The summed E-state index contributed by atoms with van der Waals surface area (Å²) < 4.78 is 12.1. The number of benzene rings is 3. The third-order valence-electron chi connectivity index (χ3n) is 6.23. The van der Waals surface area contributed by atoms with Crippen LogP contribution in [0.5, 0.6) is 11.5 Å². The second kappa shape index (κ2) is 14.1. The van der Waals surface area contributed by atoms with Gasteiger partial charge in [0.2, 0.25) is 5.91 Å². The second-order valence-electron chi connectivity index (χ2n) is 9.21. The van der Waals surface area contributed by atoms with Gasteiger partial charge in [0.15, 0.2) is 11.5 Å². The zero-order valence-corrected chi connectivity index (χ0v) is 24.5. The van der Waals surface area contributed by atoms with Gasteiger partial charge in [0.05, 0.1) is 11.5 Å². The highest BCUT2D eigenvalue weighted by Crippen LogP contribution is 2.38. The van der Waals surface area contributed by atoms with Gasteiger partial charge in [-0.25, -0.2) is 0 Å². The lowest BCUT2D eigenvalue weighted by molar-refractivity contribution is -0.127. The molecule has 7 nitrogen and oxygen atoms in total. The number of thioether (sulfide) groups is 1. The summed E-state index contributed by atoms with van der Waals surface area (Å²) in [6, 6.07) is 18.5. The van der Waals surface area contributed by atoms with Crippen LogP contribution >= 0.6 is 23.4 Å². The van der Waals surface area contributed by atoms with Crippen molar-refractivity contribution in [1.82, 2.24) is 4.90 Å². The molecule has 0 aliphatic carbocycles. The highest BCUT2D eigenvalue weighted by atomic mass is 35.5. The number of halogens is 1. The monoisotopic (exact) mass is 590 g/mol. The Kier molecular flexibility index (Phi) is 10.3. The van der Waals surface area contributed by atoms with Crippen LogP contribution < -0.4 is 14.8 Å². The van der Waals surface area contributed by atoms with Crippen LogP contribution in [0.3, 0.4) is 0 Å². The number of ether oxygens (including phenoxy) is 2. The summed E-state index contributed by atoms with van der Waals surface area (Å²) in [5.41, 5.74) is 4.17. The predicted octanol–water partition coefficient (Wildman–Crippen LogP) is 7.28. The molecule has 0 saturated carbocycles. The molecule has 0 aromatic heterocycles. The summed E-state index contributed by atoms with van der Waals surface area (Å²) in [6.45, 7) is 8.12. The standard InChI is InChI=1S/C32H31ClN2O5S/c1-4-7-24-16-23(17-27(39-6-3)30(24)40-20-22-8-12-25(33)13-9-22)18-28-31(37)35(32(38)41-28)19-29(36)34-26-14-10-21(5-2)11-15-26/h4,8-18H,1,5-7,19-20H2,2-3H3,(H,34,36)/b28-18-. The van der Waals surface area contributed by atoms with Gasteiger partial charge in [0.25, 0.3) is 11.1 Å². The Morgan fingerprint density at radius 2 is 1.73 bits per heavy atom. The summed E-state index contributed by atoms with van der Waals surface area (Å²) in [6.07, 6.45) is 4.77. The van der Waals surface area contributed by atoms with Crippen molar-refractivity contribution in [3.05, 3.63) is 106 Å². The molecular formula is C32H31ClN2O5S. The molecule has 0 spiro atoms. The molecule has 1 heterocycles. The van der Waals surface area contributed by atoms with Crippen molar-refractivity contribution in [2.75, 3.05) is 18.5 Å². The molecule has 1 aliphatic heterocycles. The Labute approximate surface area is 249 Å². The van der Waals surface area contributed by atoms with E-state index in [9.17, 15) is 14.4 Å². The molecule has 0 atom stereocenters. The molecule has 1 aliphatic rings. The molecule has 3 aromatic carbocycles. The number of imide groups is 1. The minimum atomic E-state index is -0.525. The largest absolute Gasteiger partial charge is 0.490 e. The van der Waals surface area contributed by atoms with E-state index in [0.29, 0.717) is 47.4 Å². The maximum atomic E-state index is 13.1. The molecular weight excluding hydrogens is 560 g/mol. The fourth-order valence-electron chi connectivity index (χ4n) is 4.19. The molecule has 4 rings (SSSR count). The fraction of sp³-hybridized carbons (Fsp3) is 0.219. The molecule has 3 aromatic rings. The van der Waals surface area contributed by atoms with E-state index in [1.54, 1.807) is 42.5 Å². The van der Waals surface area contributed by atoms with Gasteiger partial charge in [0, 0.05) is 16.3 Å². The van der Waals surface area contributed by atoms with E-state index >= 15 is 0 Å². The molecule has 0 radical (unpaired) electrons. The average molecular weight is 591 g/mol. The highest BCUT2D eigenvalue weighted by Gasteiger charge is 2.36. The van der Waals surface area contributed by atoms with Crippen molar-refractivity contribution in [1.29, 1.82) is 0 Å². The van der Waals surface area contributed by atoms with Crippen LogP contribution in [0, 0.1) is 0 Å². The van der Waals surface area contributed by atoms with Crippen LogP contribution in [0.1, 0.15) is 36.1 Å². The van der Waals surface area contributed by atoms with Crippen LogP contribution in [0.4, 0.5) is 10.5 Å². The SMILES string of the molecule is C=CCc1cc(/C=C2\SC(=O)N(CC(=O)Nc3ccc(CC)cc3)C2=O)cc(OCC)c1OCc1ccc(Cl)cc1. The molecule has 9 heteroatoms. The molecule has 1 fully saturated rings. The van der Waals surface area contributed by atoms with Crippen LogP contribution in [0.25, 0.3) is 6.08 Å². The van der Waals surface area contributed by atoms with E-state index < -0.39 is 17.1 Å². The Hall–Kier alpha value is -4.01. The van der Waals surface area contributed by atoms with E-state index in [1.807, 2.05) is 44.2 Å². The number of nitrogens with one attached hydrogen (secondary N) is 1. The Bertz CT molecular complexity index is 1470. The first-order valence-corrected chi connectivity index (χ1v) is 14.4. The summed E-state index contributed by atoms with van der Waals surface area (Å²) in [4.78, 5) is 39.6. The summed E-state index contributed by atoms with van der Waals surface area (Å²) >= 11 is 6.79. The number of carbonyl (C=O) groups is 3. The Morgan fingerprint density at radius 3 is 2.39 bits per heavy atom. The molecule has 3 amide bonds. The fourth-order valence-corrected chi connectivity index (χ4v) is 5.16. The zero-order valence-electron chi connectivity index (χ0n) is 22.9. The second-order valence-corrected chi connectivity index (χ2v) is 10.6. The number of nitrogens with zero attached hydrogens (tertiary/aromatic N) is 1. The van der Waals surface area contributed by atoms with E-state index in [0.717, 1.165) is 39.8 Å². The van der Waals surface area contributed by atoms with Crippen molar-refractivity contribution in [2.24, 2.45) is 0 Å².